The second-order valence-corrected chi connectivity index (χ2v) is 9.45. The summed E-state index contributed by atoms with van der Waals surface area (Å²) in [6.07, 6.45) is 5.71. The highest BCUT2D eigenvalue weighted by molar-refractivity contribution is 5.81. The molecule has 12 heteroatoms. The van der Waals surface area contributed by atoms with Gasteiger partial charge in [0.15, 0.2) is 11.5 Å². The van der Waals surface area contributed by atoms with Crippen molar-refractivity contribution in [1.29, 1.82) is 0 Å². The van der Waals surface area contributed by atoms with Crippen molar-refractivity contribution in [2.45, 2.75) is 58.5 Å². The number of unbranched alkanes of at least 4 members (excludes halogenated alkanes) is 1. The standard InChI is InChI=1S/C25H35N7O5/c1-3-4-12-37-24-29-21(26)20-22(30-24)32(25(35)28-20)15-17-5-6-19(27-14-17)36-13-9-16(2)31-10-7-18(8-11-31)23(33)34/h5-6,14,16,18H,3-4,7-13,15H2,1-2H3,(H,28,35)(H,33,34)(H2,26,29,30). The number of nitrogens with two attached hydrogens (primary N) is 1. The van der Waals surface area contributed by atoms with Crippen molar-refractivity contribution in [1.82, 2.24) is 29.4 Å². The minimum absolute atomic E-state index is 0.147. The van der Waals surface area contributed by atoms with Gasteiger partial charge < -0.3 is 30.2 Å². The number of rotatable bonds is 12. The lowest BCUT2D eigenvalue weighted by molar-refractivity contribution is -0.143. The topological polar surface area (TPSA) is 161 Å². The summed E-state index contributed by atoms with van der Waals surface area (Å²) < 4.78 is 12.9. The number of imidazole rings is 1. The number of H-pyrrole nitrogens is 1. The molecule has 1 saturated heterocycles. The van der Waals surface area contributed by atoms with Gasteiger partial charge in [0, 0.05) is 18.3 Å². The van der Waals surface area contributed by atoms with Crippen molar-refractivity contribution in [3.63, 3.8) is 0 Å². The van der Waals surface area contributed by atoms with Crippen LogP contribution in [0.3, 0.4) is 0 Å². The van der Waals surface area contributed by atoms with Gasteiger partial charge in [-0.1, -0.05) is 19.4 Å². The van der Waals surface area contributed by atoms with Crippen LogP contribution in [-0.4, -0.2) is 72.8 Å². The first-order chi connectivity index (χ1) is 17.9. The Labute approximate surface area is 214 Å². The molecular weight excluding hydrogens is 478 g/mol. The van der Waals surface area contributed by atoms with Crippen LogP contribution in [0, 0.1) is 5.92 Å². The molecule has 1 fully saturated rings. The number of hydrogen-bond acceptors (Lipinski definition) is 9. The van der Waals surface area contributed by atoms with Gasteiger partial charge in [0.25, 0.3) is 0 Å². The molecule has 0 aromatic carbocycles. The largest absolute Gasteiger partial charge is 0.481 e. The summed E-state index contributed by atoms with van der Waals surface area (Å²) in [5.41, 5.74) is 7.23. The third kappa shape index (κ3) is 6.56. The molecule has 3 aromatic heterocycles. The van der Waals surface area contributed by atoms with Crippen molar-refractivity contribution < 1.29 is 19.4 Å². The number of carboxylic acids is 1. The van der Waals surface area contributed by atoms with Gasteiger partial charge >= 0.3 is 17.7 Å². The molecule has 0 amide bonds. The fourth-order valence-corrected chi connectivity index (χ4v) is 4.43. The summed E-state index contributed by atoms with van der Waals surface area (Å²) >= 11 is 0. The lowest BCUT2D eigenvalue weighted by Crippen LogP contribution is -2.42. The number of aromatic amines is 1. The average molecular weight is 514 g/mol. The summed E-state index contributed by atoms with van der Waals surface area (Å²) in [4.78, 5) is 41.7. The molecule has 1 atom stereocenters. The van der Waals surface area contributed by atoms with Crippen LogP contribution < -0.4 is 20.9 Å². The molecule has 4 heterocycles. The second-order valence-electron chi connectivity index (χ2n) is 9.45. The maximum Gasteiger partial charge on any atom is 0.328 e. The van der Waals surface area contributed by atoms with Crippen LogP contribution in [0.15, 0.2) is 23.1 Å². The van der Waals surface area contributed by atoms with Crippen LogP contribution in [0.4, 0.5) is 5.82 Å². The molecule has 1 unspecified atom stereocenters. The summed E-state index contributed by atoms with van der Waals surface area (Å²) in [5, 5.41) is 9.16. The van der Waals surface area contributed by atoms with E-state index in [1.54, 1.807) is 12.3 Å². The number of pyridine rings is 1. The molecule has 0 aliphatic carbocycles. The van der Waals surface area contributed by atoms with E-state index in [9.17, 15) is 9.59 Å². The van der Waals surface area contributed by atoms with E-state index in [1.165, 1.54) is 4.57 Å². The van der Waals surface area contributed by atoms with Crippen LogP contribution in [0.5, 0.6) is 11.9 Å². The normalized spacial score (nSPS) is 15.6. The number of aromatic nitrogens is 5. The zero-order valence-corrected chi connectivity index (χ0v) is 21.4. The first-order valence-corrected chi connectivity index (χ1v) is 12.8. The van der Waals surface area contributed by atoms with Crippen molar-refractivity contribution in [3.8, 4) is 11.9 Å². The summed E-state index contributed by atoms with van der Waals surface area (Å²) in [6, 6.07) is 4.08. The van der Waals surface area contributed by atoms with E-state index in [1.807, 2.05) is 6.07 Å². The van der Waals surface area contributed by atoms with E-state index in [0.717, 1.165) is 37.9 Å². The summed E-state index contributed by atoms with van der Waals surface area (Å²) in [5.74, 6) is -0.258. The van der Waals surface area contributed by atoms with Gasteiger partial charge in [-0.25, -0.2) is 9.78 Å². The Morgan fingerprint density at radius 1 is 1.24 bits per heavy atom. The number of aliphatic carboxylic acids is 1. The highest BCUT2D eigenvalue weighted by Gasteiger charge is 2.26. The van der Waals surface area contributed by atoms with E-state index in [2.05, 4.69) is 38.7 Å². The minimum Gasteiger partial charge on any atom is -0.481 e. The molecule has 1 aliphatic heterocycles. The Hall–Kier alpha value is -3.67. The second kappa shape index (κ2) is 12.0. The molecular formula is C25H35N7O5. The molecule has 0 radical (unpaired) electrons. The first kappa shape index (κ1) is 26.4. The van der Waals surface area contributed by atoms with Gasteiger partial charge in [-0.15, -0.1) is 0 Å². The molecule has 1 aliphatic rings. The zero-order valence-electron chi connectivity index (χ0n) is 21.4. The Balaban J connectivity index is 1.32. The molecule has 12 nitrogen and oxygen atoms in total. The predicted octanol–water partition coefficient (Wildman–Crippen LogP) is 2.28. The predicted molar refractivity (Wildman–Crippen MR) is 138 cm³/mol. The fourth-order valence-electron chi connectivity index (χ4n) is 4.43. The molecule has 4 rings (SSSR count). The number of nitrogen functional groups attached to an aromatic ring is 1. The first-order valence-electron chi connectivity index (χ1n) is 12.8. The van der Waals surface area contributed by atoms with Crippen LogP contribution in [0.25, 0.3) is 11.2 Å². The number of carbonyl (C=O) groups is 1. The summed E-state index contributed by atoms with van der Waals surface area (Å²) in [6.45, 7) is 7.01. The molecule has 0 spiro atoms. The van der Waals surface area contributed by atoms with Gasteiger partial charge in [0.2, 0.25) is 5.88 Å². The van der Waals surface area contributed by atoms with Gasteiger partial charge in [-0.05, 0) is 51.3 Å². The van der Waals surface area contributed by atoms with E-state index < -0.39 is 5.97 Å². The highest BCUT2D eigenvalue weighted by atomic mass is 16.5. The number of likely N-dealkylation sites (tertiary alicyclic amines) is 1. The summed E-state index contributed by atoms with van der Waals surface area (Å²) in [7, 11) is 0. The van der Waals surface area contributed by atoms with E-state index in [0.29, 0.717) is 49.1 Å². The maximum atomic E-state index is 12.6. The van der Waals surface area contributed by atoms with Crippen molar-refractivity contribution >= 4 is 23.0 Å². The van der Waals surface area contributed by atoms with Gasteiger partial charge in [-0.3, -0.25) is 9.36 Å². The Bertz CT molecular complexity index is 1250. The SMILES string of the molecule is CCCCOc1nc(N)c2[nH]c(=O)n(Cc3ccc(OCCC(C)N4CCC(C(=O)O)CC4)nc3)c2n1. The number of piperidine rings is 1. The molecule has 0 saturated carbocycles. The quantitative estimate of drug-likeness (QED) is 0.306. The Morgan fingerprint density at radius 3 is 2.70 bits per heavy atom. The van der Waals surface area contributed by atoms with E-state index >= 15 is 0 Å². The smallest absolute Gasteiger partial charge is 0.328 e. The van der Waals surface area contributed by atoms with Gasteiger partial charge in [-0.2, -0.15) is 9.97 Å². The number of nitrogens with zero attached hydrogens (tertiary/aromatic N) is 5. The number of anilines is 1. The number of ether oxygens (including phenoxy) is 2. The van der Waals surface area contributed by atoms with Crippen molar-refractivity contribution in [3.05, 3.63) is 34.4 Å². The third-order valence-corrected chi connectivity index (χ3v) is 6.79. The van der Waals surface area contributed by atoms with Gasteiger partial charge in [0.05, 0.1) is 25.7 Å². The van der Waals surface area contributed by atoms with Gasteiger partial charge in [0.1, 0.15) is 5.52 Å². The monoisotopic (exact) mass is 513 g/mol. The minimum atomic E-state index is -0.696. The average Bonchev–Trinajstić information content (AvgIpc) is 3.20. The highest BCUT2D eigenvalue weighted by Crippen LogP contribution is 2.21. The molecule has 4 N–H and O–H groups in total. The van der Waals surface area contributed by atoms with Crippen molar-refractivity contribution in [2.75, 3.05) is 32.0 Å². The van der Waals surface area contributed by atoms with Crippen LogP contribution in [0.2, 0.25) is 0 Å². The number of carboxylic acid groups (broad SMARTS) is 1. The Kier molecular flexibility index (Phi) is 8.59. The zero-order chi connectivity index (χ0) is 26.4. The Morgan fingerprint density at radius 2 is 2.03 bits per heavy atom. The maximum absolute atomic E-state index is 12.6. The molecule has 3 aromatic rings. The van der Waals surface area contributed by atoms with E-state index in [4.69, 9.17) is 20.3 Å². The number of hydrogen-bond donors (Lipinski definition) is 3. The molecule has 200 valence electrons. The van der Waals surface area contributed by atoms with Crippen molar-refractivity contribution in [2.24, 2.45) is 5.92 Å². The fraction of sp³-hybridized carbons (Fsp3) is 0.560. The molecule has 0 bridgehead atoms. The van der Waals surface area contributed by atoms with Crippen LogP contribution in [0.1, 0.15) is 51.5 Å². The molecule has 37 heavy (non-hydrogen) atoms. The number of nitrogens with one attached hydrogen (secondary N) is 1. The van der Waals surface area contributed by atoms with Crippen LogP contribution >= 0.6 is 0 Å². The third-order valence-electron chi connectivity index (χ3n) is 6.79. The van der Waals surface area contributed by atoms with Crippen LogP contribution in [-0.2, 0) is 11.3 Å². The lowest BCUT2D eigenvalue weighted by atomic mass is 9.96. The number of fused-ring (bicyclic) bond motifs is 1. The van der Waals surface area contributed by atoms with E-state index in [-0.39, 0.29) is 30.0 Å². The lowest BCUT2D eigenvalue weighted by Gasteiger charge is -2.34.